The summed E-state index contributed by atoms with van der Waals surface area (Å²) >= 11 is 0. The fraction of sp³-hybridized carbons (Fsp3) is 0.933. The first-order valence-corrected chi connectivity index (χ1v) is 7.90. The zero-order chi connectivity index (χ0) is 14.1. The summed E-state index contributed by atoms with van der Waals surface area (Å²) in [6.45, 7) is 7.88. The minimum atomic E-state index is 0.0143. The third-order valence-electron chi connectivity index (χ3n) is 4.23. The lowest BCUT2D eigenvalue weighted by molar-refractivity contribution is -0.126. The van der Waals surface area contributed by atoms with E-state index < -0.39 is 0 Å². The summed E-state index contributed by atoms with van der Waals surface area (Å²) in [6, 6.07) is 0.0143. The standard InChI is InChI=1S/C15H31N3O/c1-3-4-5-10-17-15(19)13(2)18-11-7-14(6-9-16)8-12-18/h13-14H,3-12,16H2,1-2H3,(H,17,19). The van der Waals surface area contributed by atoms with E-state index in [1.807, 2.05) is 6.92 Å². The van der Waals surface area contributed by atoms with Gasteiger partial charge in [0.2, 0.25) is 5.91 Å². The summed E-state index contributed by atoms with van der Waals surface area (Å²) in [4.78, 5) is 14.3. The second-order valence-corrected chi connectivity index (χ2v) is 5.73. The number of carbonyl (C=O) groups excluding carboxylic acids is 1. The van der Waals surface area contributed by atoms with Crippen molar-refractivity contribution in [1.29, 1.82) is 0 Å². The molecule has 1 fully saturated rings. The van der Waals surface area contributed by atoms with E-state index in [0.717, 1.165) is 44.9 Å². The van der Waals surface area contributed by atoms with Crippen molar-refractivity contribution in [3.63, 3.8) is 0 Å². The number of nitrogens with two attached hydrogens (primary N) is 1. The molecule has 1 aliphatic rings. The van der Waals surface area contributed by atoms with Crippen molar-refractivity contribution in [2.75, 3.05) is 26.2 Å². The first-order chi connectivity index (χ1) is 9.19. The summed E-state index contributed by atoms with van der Waals surface area (Å²) < 4.78 is 0. The quantitative estimate of drug-likeness (QED) is 0.660. The second kappa shape index (κ2) is 9.32. The van der Waals surface area contributed by atoms with Gasteiger partial charge in [-0.3, -0.25) is 9.69 Å². The van der Waals surface area contributed by atoms with Crippen LogP contribution in [0.25, 0.3) is 0 Å². The van der Waals surface area contributed by atoms with Crippen LogP contribution in [0.1, 0.15) is 52.4 Å². The lowest BCUT2D eigenvalue weighted by atomic mass is 9.93. The molecule has 1 heterocycles. The maximum absolute atomic E-state index is 12.0. The van der Waals surface area contributed by atoms with Crippen molar-refractivity contribution < 1.29 is 4.79 Å². The number of likely N-dealkylation sites (tertiary alicyclic amines) is 1. The molecule has 3 N–H and O–H groups in total. The van der Waals surface area contributed by atoms with E-state index >= 15 is 0 Å². The first kappa shape index (κ1) is 16.4. The van der Waals surface area contributed by atoms with Crippen molar-refractivity contribution in [1.82, 2.24) is 10.2 Å². The van der Waals surface area contributed by atoms with Gasteiger partial charge in [-0.2, -0.15) is 0 Å². The number of piperidine rings is 1. The molecule has 1 aliphatic heterocycles. The van der Waals surface area contributed by atoms with E-state index in [2.05, 4.69) is 17.1 Å². The number of nitrogens with one attached hydrogen (secondary N) is 1. The maximum Gasteiger partial charge on any atom is 0.237 e. The molecule has 0 aromatic heterocycles. The van der Waals surface area contributed by atoms with Gasteiger partial charge in [-0.25, -0.2) is 0 Å². The lowest BCUT2D eigenvalue weighted by Crippen LogP contribution is -2.48. The monoisotopic (exact) mass is 269 g/mol. The molecular formula is C15H31N3O. The second-order valence-electron chi connectivity index (χ2n) is 5.73. The highest BCUT2D eigenvalue weighted by molar-refractivity contribution is 5.81. The summed E-state index contributed by atoms with van der Waals surface area (Å²) in [5.74, 6) is 0.953. The van der Waals surface area contributed by atoms with Gasteiger partial charge in [0.25, 0.3) is 0 Å². The fourth-order valence-corrected chi connectivity index (χ4v) is 2.76. The Morgan fingerprint density at radius 1 is 1.37 bits per heavy atom. The topological polar surface area (TPSA) is 58.4 Å². The van der Waals surface area contributed by atoms with Crippen LogP contribution in [0.3, 0.4) is 0 Å². The van der Waals surface area contributed by atoms with Crippen LogP contribution in [0.5, 0.6) is 0 Å². The number of unbranched alkanes of at least 4 members (excludes halogenated alkanes) is 2. The van der Waals surface area contributed by atoms with Crippen LogP contribution >= 0.6 is 0 Å². The molecular weight excluding hydrogens is 238 g/mol. The van der Waals surface area contributed by atoms with Gasteiger partial charge >= 0.3 is 0 Å². The molecule has 19 heavy (non-hydrogen) atoms. The van der Waals surface area contributed by atoms with Gasteiger partial charge in [-0.15, -0.1) is 0 Å². The van der Waals surface area contributed by atoms with Crippen LogP contribution in [0.2, 0.25) is 0 Å². The van der Waals surface area contributed by atoms with Crippen LogP contribution in [0.15, 0.2) is 0 Å². The molecule has 0 spiro atoms. The molecule has 0 aromatic rings. The summed E-state index contributed by atoms with van der Waals surface area (Å²) in [5, 5.41) is 3.05. The normalized spacial score (nSPS) is 19.3. The van der Waals surface area contributed by atoms with Crippen molar-refractivity contribution in [2.45, 2.75) is 58.4 Å². The Morgan fingerprint density at radius 3 is 2.63 bits per heavy atom. The third-order valence-corrected chi connectivity index (χ3v) is 4.23. The van der Waals surface area contributed by atoms with E-state index in [-0.39, 0.29) is 11.9 Å². The Hall–Kier alpha value is -0.610. The molecule has 0 aliphatic carbocycles. The molecule has 0 radical (unpaired) electrons. The largest absolute Gasteiger partial charge is 0.355 e. The molecule has 1 rings (SSSR count). The van der Waals surface area contributed by atoms with Gasteiger partial charge in [-0.1, -0.05) is 19.8 Å². The zero-order valence-electron chi connectivity index (χ0n) is 12.7. The first-order valence-electron chi connectivity index (χ1n) is 7.90. The molecule has 1 amide bonds. The van der Waals surface area contributed by atoms with Gasteiger partial charge in [0.05, 0.1) is 6.04 Å². The molecule has 0 bridgehead atoms. The predicted molar refractivity (Wildman–Crippen MR) is 80.0 cm³/mol. The highest BCUT2D eigenvalue weighted by Gasteiger charge is 2.25. The Bertz CT molecular complexity index is 250. The van der Waals surface area contributed by atoms with E-state index in [4.69, 9.17) is 5.73 Å². The van der Waals surface area contributed by atoms with Crippen LogP contribution in [0, 0.1) is 5.92 Å². The predicted octanol–water partition coefficient (Wildman–Crippen LogP) is 1.74. The summed E-state index contributed by atoms with van der Waals surface area (Å²) in [7, 11) is 0. The molecule has 0 aromatic carbocycles. The molecule has 1 unspecified atom stereocenters. The van der Waals surface area contributed by atoms with Gasteiger partial charge < -0.3 is 11.1 Å². The number of carbonyl (C=O) groups is 1. The maximum atomic E-state index is 12.0. The van der Waals surface area contributed by atoms with Gasteiger partial charge in [0.15, 0.2) is 0 Å². The molecule has 1 saturated heterocycles. The Labute approximate surface area is 118 Å². The zero-order valence-corrected chi connectivity index (χ0v) is 12.7. The average Bonchev–Trinajstić information content (AvgIpc) is 2.44. The van der Waals surface area contributed by atoms with Crippen LogP contribution in [-0.2, 0) is 4.79 Å². The Morgan fingerprint density at radius 2 is 2.05 bits per heavy atom. The number of hydrogen-bond acceptors (Lipinski definition) is 3. The van der Waals surface area contributed by atoms with Crippen LogP contribution < -0.4 is 11.1 Å². The highest BCUT2D eigenvalue weighted by atomic mass is 16.2. The number of nitrogens with zero attached hydrogens (tertiary/aromatic N) is 1. The van der Waals surface area contributed by atoms with Crippen molar-refractivity contribution in [2.24, 2.45) is 11.7 Å². The van der Waals surface area contributed by atoms with Gasteiger partial charge in [0.1, 0.15) is 0 Å². The smallest absolute Gasteiger partial charge is 0.237 e. The van der Waals surface area contributed by atoms with Crippen molar-refractivity contribution in [3.8, 4) is 0 Å². The Kier molecular flexibility index (Phi) is 8.07. The molecule has 1 atom stereocenters. The van der Waals surface area contributed by atoms with E-state index in [1.54, 1.807) is 0 Å². The molecule has 0 saturated carbocycles. The number of amides is 1. The summed E-state index contributed by atoms with van der Waals surface area (Å²) in [6.07, 6.45) is 6.98. The van der Waals surface area contributed by atoms with Crippen LogP contribution in [0.4, 0.5) is 0 Å². The molecule has 4 heteroatoms. The van der Waals surface area contributed by atoms with E-state index in [1.165, 1.54) is 25.7 Å². The Balaban J connectivity index is 2.22. The fourth-order valence-electron chi connectivity index (χ4n) is 2.76. The third kappa shape index (κ3) is 5.91. The van der Waals surface area contributed by atoms with Gasteiger partial charge in [0, 0.05) is 6.54 Å². The van der Waals surface area contributed by atoms with Crippen LogP contribution in [-0.4, -0.2) is 43.0 Å². The van der Waals surface area contributed by atoms with Crippen molar-refractivity contribution >= 4 is 5.91 Å². The molecule has 112 valence electrons. The summed E-state index contributed by atoms with van der Waals surface area (Å²) in [5.41, 5.74) is 5.60. The van der Waals surface area contributed by atoms with Gasteiger partial charge in [-0.05, 0) is 58.2 Å². The minimum Gasteiger partial charge on any atom is -0.355 e. The minimum absolute atomic E-state index is 0.0143. The lowest BCUT2D eigenvalue weighted by Gasteiger charge is -2.35. The SMILES string of the molecule is CCCCCNC(=O)C(C)N1CCC(CCN)CC1. The average molecular weight is 269 g/mol. The highest BCUT2D eigenvalue weighted by Crippen LogP contribution is 2.21. The van der Waals surface area contributed by atoms with E-state index in [9.17, 15) is 4.79 Å². The molecule has 4 nitrogen and oxygen atoms in total. The van der Waals surface area contributed by atoms with Crippen molar-refractivity contribution in [3.05, 3.63) is 0 Å². The number of rotatable bonds is 8. The number of hydrogen-bond donors (Lipinski definition) is 2. The van der Waals surface area contributed by atoms with E-state index in [0.29, 0.717) is 0 Å².